The van der Waals surface area contributed by atoms with Crippen LogP contribution in [0.1, 0.15) is 11.3 Å². The van der Waals surface area contributed by atoms with E-state index in [1.54, 1.807) is 16.9 Å². The zero-order chi connectivity index (χ0) is 19.3. The van der Waals surface area contributed by atoms with Crippen molar-refractivity contribution < 1.29 is 4.79 Å². The zero-order valence-corrected chi connectivity index (χ0v) is 15.3. The molecule has 3 aromatic heterocycles. The van der Waals surface area contributed by atoms with Gasteiger partial charge in [0.25, 0.3) is 5.78 Å². The maximum Gasteiger partial charge on any atom is 0.254 e. The van der Waals surface area contributed by atoms with Gasteiger partial charge < -0.3 is 10.6 Å². The van der Waals surface area contributed by atoms with Crippen LogP contribution in [0.5, 0.6) is 0 Å². The molecule has 0 radical (unpaired) electrons. The van der Waals surface area contributed by atoms with Crippen molar-refractivity contribution >= 4 is 17.5 Å². The molecule has 28 heavy (non-hydrogen) atoms. The van der Waals surface area contributed by atoms with Crippen LogP contribution in [0, 0.1) is 6.92 Å². The minimum Gasteiger partial charge on any atom is -0.361 e. The van der Waals surface area contributed by atoms with E-state index in [9.17, 15) is 4.79 Å². The summed E-state index contributed by atoms with van der Waals surface area (Å²) in [5.41, 5.74) is 2.64. The molecule has 0 saturated heterocycles. The number of anilines is 1. The lowest BCUT2D eigenvalue weighted by Crippen LogP contribution is -2.29. The summed E-state index contributed by atoms with van der Waals surface area (Å²) in [6.45, 7) is 2.48. The van der Waals surface area contributed by atoms with Gasteiger partial charge in [-0.15, -0.1) is 5.10 Å². The third-order valence-corrected chi connectivity index (χ3v) is 4.12. The van der Waals surface area contributed by atoms with Gasteiger partial charge >= 0.3 is 0 Å². The molecule has 2 N–H and O–H groups in total. The van der Waals surface area contributed by atoms with Crippen LogP contribution < -0.4 is 10.6 Å². The Labute approximate surface area is 161 Å². The number of aromatic nitrogens is 5. The second-order valence-corrected chi connectivity index (χ2v) is 6.29. The van der Waals surface area contributed by atoms with E-state index in [2.05, 4.69) is 30.7 Å². The second-order valence-electron chi connectivity index (χ2n) is 6.29. The molecule has 0 bridgehead atoms. The van der Waals surface area contributed by atoms with Gasteiger partial charge in [0.05, 0.1) is 6.54 Å². The quantitative estimate of drug-likeness (QED) is 0.538. The number of nitrogens with zero attached hydrogens (tertiary/aromatic N) is 5. The number of aryl methyl sites for hydroxylation is 1. The minimum absolute atomic E-state index is 0.112. The van der Waals surface area contributed by atoms with Crippen LogP contribution in [0.15, 0.2) is 60.9 Å². The Morgan fingerprint density at radius 2 is 1.96 bits per heavy atom. The van der Waals surface area contributed by atoms with Gasteiger partial charge in [0.2, 0.25) is 5.91 Å². The smallest absolute Gasteiger partial charge is 0.254 e. The normalized spacial score (nSPS) is 10.8. The molecule has 0 atom stereocenters. The van der Waals surface area contributed by atoms with Gasteiger partial charge in [0.15, 0.2) is 5.82 Å². The van der Waals surface area contributed by atoms with E-state index in [4.69, 9.17) is 0 Å². The fourth-order valence-corrected chi connectivity index (χ4v) is 2.76. The highest BCUT2D eigenvalue weighted by Gasteiger charge is 2.12. The van der Waals surface area contributed by atoms with Gasteiger partial charge in [0, 0.05) is 36.3 Å². The molecular weight excluding hydrogens is 354 g/mol. The Bertz CT molecular complexity index is 1090. The molecule has 4 rings (SSSR count). The molecule has 4 aromatic rings. The van der Waals surface area contributed by atoms with Crippen LogP contribution in [0.2, 0.25) is 0 Å². The second kappa shape index (κ2) is 7.83. The first-order chi connectivity index (χ1) is 13.7. The van der Waals surface area contributed by atoms with E-state index in [-0.39, 0.29) is 12.5 Å². The van der Waals surface area contributed by atoms with E-state index in [1.165, 1.54) is 0 Å². The number of nitrogens with one attached hydrogen (secondary N) is 2. The van der Waals surface area contributed by atoms with E-state index in [0.29, 0.717) is 24.0 Å². The van der Waals surface area contributed by atoms with Gasteiger partial charge in [0.1, 0.15) is 5.82 Å². The number of fused-ring (bicyclic) bond motifs is 1. The topological polar surface area (TPSA) is 97.1 Å². The van der Waals surface area contributed by atoms with Crippen LogP contribution in [0.25, 0.3) is 17.2 Å². The van der Waals surface area contributed by atoms with Crippen molar-refractivity contribution in [1.29, 1.82) is 0 Å². The highest BCUT2D eigenvalue weighted by molar-refractivity contribution is 5.80. The van der Waals surface area contributed by atoms with Gasteiger partial charge in [-0.2, -0.15) is 9.50 Å². The lowest BCUT2D eigenvalue weighted by atomic mass is 10.2. The molecule has 0 unspecified atom stereocenters. The average Bonchev–Trinajstić information content (AvgIpc) is 3.16. The third-order valence-electron chi connectivity index (χ3n) is 4.12. The summed E-state index contributed by atoms with van der Waals surface area (Å²) in [7, 11) is 0. The summed E-state index contributed by atoms with van der Waals surface area (Å²) < 4.78 is 1.60. The highest BCUT2D eigenvalue weighted by Crippen LogP contribution is 2.17. The molecule has 0 fully saturated rings. The number of hydrogen-bond donors (Lipinski definition) is 2. The number of carbonyl (C=O) groups is 1. The Hall–Kier alpha value is -3.81. The number of hydrogen-bond acceptors (Lipinski definition) is 6. The van der Waals surface area contributed by atoms with Crippen molar-refractivity contribution in [2.75, 3.05) is 11.9 Å². The van der Waals surface area contributed by atoms with Gasteiger partial charge in [-0.1, -0.05) is 30.3 Å². The van der Waals surface area contributed by atoms with Crippen molar-refractivity contribution in [3.63, 3.8) is 0 Å². The summed E-state index contributed by atoms with van der Waals surface area (Å²) in [5, 5.41) is 10.5. The minimum atomic E-state index is -0.112. The zero-order valence-electron chi connectivity index (χ0n) is 15.3. The molecule has 8 heteroatoms. The van der Waals surface area contributed by atoms with Crippen LogP contribution in [-0.2, 0) is 11.3 Å². The summed E-state index contributed by atoms with van der Waals surface area (Å²) in [5.74, 6) is 1.54. The molecular formula is C20H19N7O. The lowest BCUT2D eigenvalue weighted by Gasteiger charge is -2.09. The van der Waals surface area contributed by atoms with Gasteiger partial charge in [-0.3, -0.25) is 9.78 Å². The summed E-state index contributed by atoms with van der Waals surface area (Å²) in [4.78, 5) is 25.2. The molecule has 0 spiro atoms. The Morgan fingerprint density at radius 3 is 2.75 bits per heavy atom. The number of carbonyl (C=O) groups excluding carboxylic acids is 1. The molecule has 0 aliphatic carbocycles. The molecule has 140 valence electrons. The Kier molecular flexibility index (Phi) is 4.92. The fourth-order valence-electron chi connectivity index (χ4n) is 2.76. The third kappa shape index (κ3) is 3.96. The standard InChI is InChI=1S/C20H19N7O/c1-14-10-17(22-13-18(28)23-11-15-6-3-2-4-7-15)27-20(24-14)25-19(26-27)16-8-5-9-21-12-16/h2-10,12,22H,11,13H2,1H3,(H,23,28). The number of amides is 1. The summed E-state index contributed by atoms with van der Waals surface area (Å²) in [6, 6.07) is 15.3. The Balaban J connectivity index is 1.48. The van der Waals surface area contributed by atoms with Crippen molar-refractivity contribution in [2.45, 2.75) is 13.5 Å². The maximum atomic E-state index is 12.2. The van der Waals surface area contributed by atoms with Crippen LogP contribution >= 0.6 is 0 Å². The molecule has 1 aromatic carbocycles. The van der Waals surface area contributed by atoms with Crippen LogP contribution in [-0.4, -0.2) is 37.0 Å². The largest absolute Gasteiger partial charge is 0.361 e. The number of rotatable bonds is 6. The van der Waals surface area contributed by atoms with Crippen molar-refractivity contribution in [1.82, 2.24) is 29.9 Å². The van der Waals surface area contributed by atoms with Gasteiger partial charge in [-0.05, 0) is 24.6 Å². The van der Waals surface area contributed by atoms with Crippen molar-refractivity contribution in [3.05, 3.63) is 72.2 Å². The van der Waals surface area contributed by atoms with Crippen LogP contribution in [0.4, 0.5) is 5.82 Å². The number of pyridine rings is 1. The van der Waals surface area contributed by atoms with E-state index < -0.39 is 0 Å². The SMILES string of the molecule is Cc1cc(NCC(=O)NCc2ccccc2)n2nc(-c3cccnc3)nc2n1. The predicted molar refractivity (Wildman–Crippen MR) is 106 cm³/mol. The number of benzene rings is 1. The molecule has 1 amide bonds. The van der Waals surface area contributed by atoms with E-state index >= 15 is 0 Å². The van der Waals surface area contributed by atoms with Crippen LogP contribution in [0.3, 0.4) is 0 Å². The fraction of sp³-hybridized carbons (Fsp3) is 0.150. The summed E-state index contributed by atoms with van der Waals surface area (Å²) in [6.07, 6.45) is 3.40. The van der Waals surface area contributed by atoms with Crippen molar-refractivity contribution in [3.8, 4) is 11.4 Å². The highest BCUT2D eigenvalue weighted by atomic mass is 16.1. The molecule has 0 aliphatic heterocycles. The van der Waals surface area contributed by atoms with Gasteiger partial charge in [-0.25, -0.2) is 4.98 Å². The average molecular weight is 373 g/mol. The van der Waals surface area contributed by atoms with E-state index in [0.717, 1.165) is 16.8 Å². The molecule has 3 heterocycles. The first-order valence-electron chi connectivity index (χ1n) is 8.88. The first kappa shape index (κ1) is 17.6. The molecule has 0 aliphatic rings. The lowest BCUT2D eigenvalue weighted by molar-refractivity contribution is -0.119. The molecule has 8 nitrogen and oxygen atoms in total. The van der Waals surface area contributed by atoms with Crippen molar-refractivity contribution in [2.24, 2.45) is 0 Å². The Morgan fingerprint density at radius 1 is 1.11 bits per heavy atom. The monoisotopic (exact) mass is 373 g/mol. The summed E-state index contributed by atoms with van der Waals surface area (Å²) >= 11 is 0. The molecule has 0 saturated carbocycles. The van der Waals surface area contributed by atoms with E-state index in [1.807, 2.05) is 55.5 Å². The predicted octanol–water partition coefficient (Wildman–Crippen LogP) is 2.22. The maximum absolute atomic E-state index is 12.2. The first-order valence-corrected chi connectivity index (χ1v) is 8.88.